The van der Waals surface area contributed by atoms with Crippen molar-refractivity contribution in [3.63, 3.8) is 0 Å². The average molecular weight is 188 g/mol. The molecule has 0 unspecified atom stereocenters. The molecule has 0 saturated carbocycles. The van der Waals surface area contributed by atoms with Gasteiger partial charge in [-0.25, -0.2) is 0 Å². The predicted molar refractivity (Wildman–Crippen MR) is 56.5 cm³/mol. The summed E-state index contributed by atoms with van der Waals surface area (Å²) in [5.41, 5.74) is 1.79. The van der Waals surface area contributed by atoms with Crippen molar-refractivity contribution >= 4 is 10.8 Å². The second kappa shape index (κ2) is 2.94. The van der Waals surface area contributed by atoms with Crippen LogP contribution in [-0.2, 0) is 7.05 Å². The molecule has 0 aliphatic heterocycles. The quantitative estimate of drug-likeness (QED) is 0.628. The average Bonchev–Trinajstić information content (AvgIpc) is 2.14. The van der Waals surface area contributed by atoms with E-state index in [0.717, 1.165) is 22.2 Å². The summed E-state index contributed by atoms with van der Waals surface area (Å²) in [7, 11) is 1.78. The van der Waals surface area contributed by atoms with E-state index in [4.69, 9.17) is 0 Å². The van der Waals surface area contributed by atoms with Crippen LogP contribution >= 0.6 is 0 Å². The summed E-state index contributed by atoms with van der Waals surface area (Å²) in [6.45, 7) is 3.79. The number of rotatable bonds is 0. The van der Waals surface area contributed by atoms with Crippen LogP contribution in [0.15, 0.2) is 23.1 Å². The zero-order valence-corrected chi connectivity index (χ0v) is 8.53. The Morgan fingerprint density at radius 1 is 1.36 bits per heavy atom. The smallest absolute Gasteiger partial charge is 0.260 e. The van der Waals surface area contributed by atoms with Gasteiger partial charge < -0.3 is 4.57 Å². The number of hydrogen-bond donors (Lipinski definition) is 0. The Balaban J connectivity index is 3.07. The Kier molecular flexibility index (Phi) is 1.88. The molecule has 3 heteroatoms. The molecule has 2 rings (SSSR count). The van der Waals surface area contributed by atoms with Gasteiger partial charge in [0.2, 0.25) is 0 Å². The molecule has 72 valence electrons. The molecular formula is C11H12N2O. The molecule has 0 aliphatic carbocycles. The van der Waals surface area contributed by atoms with Gasteiger partial charge in [-0.1, -0.05) is 0 Å². The summed E-state index contributed by atoms with van der Waals surface area (Å²) < 4.78 is 1.65. The predicted octanol–water partition coefficient (Wildman–Crippen LogP) is 1.55. The fraction of sp³-hybridized carbons (Fsp3) is 0.273. The lowest BCUT2D eigenvalue weighted by Crippen LogP contribution is -2.19. The molecule has 0 saturated heterocycles. The van der Waals surface area contributed by atoms with Crippen molar-refractivity contribution in [2.75, 3.05) is 0 Å². The monoisotopic (exact) mass is 188 g/mol. The molecule has 2 aromatic heterocycles. The van der Waals surface area contributed by atoms with Crippen molar-refractivity contribution < 1.29 is 0 Å². The third kappa shape index (κ3) is 1.13. The Morgan fingerprint density at radius 3 is 2.79 bits per heavy atom. The summed E-state index contributed by atoms with van der Waals surface area (Å²) in [4.78, 5) is 16.0. The molecule has 2 aromatic rings. The standard InChI is InChI=1S/C11H12N2O/c1-7-6-9-4-5-12-8(2)10(9)11(14)13(7)3/h4-6H,1-3H3. The Bertz CT molecular complexity index is 555. The maximum absolute atomic E-state index is 11.9. The lowest BCUT2D eigenvalue weighted by Gasteiger charge is -2.06. The number of aromatic nitrogens is 2. The number of aryl methyl sites for hydroxylation is 2. The Morgan fingerprint density at radius 2 is 2.07 bits per heavy atom. The minimum atomic E-state index is 0.0330. The van der Waals surface area contributed by atoms with Crippen LogP contribution in [0.2, 0.25) is 0 Å². The zero-order valence-electron chi connectivity index (χ0n) is 8.53. The van der Waals surface area contributed by atoms with Crippen LogP contribution in [0, 0.1) is 13.8 Å². The number of hydrogen-bond acceptors (Lipinski definition) is 2. The SMILES string of the molecule is Cc1nccc2cc(C)n(C)c(=O)c12. The third-order valence-electron chi connectivity index (χ3n) is 2.58. The zero-order chi connectivity index (χ0) is 10.3. The fourth-order valence-corrected chi connectivity index (χ4v) is 1.63. The van der Waals surface area contributed by atoms with E-state index in [0.29, 0.717) is 0 Å². The van der Waals surface area contributed by atoms with Crippen LogP contribution < -0.4 is 5.56 Å². The molecule has 0 aromatic carbocycles. The molecule has 0 fully saturated rings. The maximum Gasteiger partial charge on any atom is 0.260 e. The van der Waals surface area contributed by atoms with Crippen LogP contribution in [0.4, 0.5) is 0 Å². The van der Waals surface area contributed by atoms with Crippen molar-refractivity contribution in [1.29, 1.82) is 0 Å². The van der Waals surface area contributed by atoms with Gasteiger partial charge in [-0.2, -0.15) is 0 Å². The highest BCUT2D eigenvalue weighted by molar-refractivity contribution is 5.83. The van der Waals surface area contributed by atoms with E-state index >= 15 is 0 Å². The van der Waals surface area contributed by atoms with E-state index in [9.17, 15) is 4.79 Å². The largest absolute Gasteiger partial charge is 0.315 e. The van der Waals surface area contributed by atoms with Gasteiger partial charge >= 0.3 is 0 Å². The van der Waals surface area contributed by atoms with Gasteiger partial charge in [0.25, 0.3) is 5.56 Å². The van der Waals surface area contributed by atoms with E-state index in [-0.39, 0.29) is 5.56 Å². The van der Waals surface area contributed by atoms with Crippen LogP contribution in [0.1, 0.15) is 11.4 Å². The normalized spacial score (nSPS) is 10.8. The molecular weight excluding hydrogens is 176 g/mol. The van der Waals surface area contributed by atoms with Crippen molar-refractivity contribution in [3.8, 4) is 0 Å². The second-order valence-electron chi connectivity index (χ2n) is 3.51. The summed E-state index contributed by atoms with van der Waals surface area (Å²) in [5, 5.41) is 1.69. The molecule has 0 bridgehead atoms. The number of nitrogens with zero attached hydrogens (tertiary/aromatic N) is 2. The van der Waals surface area contributed by atoms with Gasteiger partial charge in [0.05, 0.1) is 11.1 Å². The highest BCUT2D eigenvalue weighted by atomic mass is 16.1. The Hall–Kier alpha value is -1.64. The molecule has 14 heavy (non-hydrogen) atoms. The van der Waals surface area contributed by atoms with Crippen LogP contribution in [0.5, 0.6) is 0 Å². The van der Waals surface area contributed by atoms with E-state index in [2.05, 4.69) is 4.98 Å². The summed E-state index contributed by atoms with van der Waals surface area (Å²) >= 11 is 0. The molecule has 0 atom stereocenters. The lowest BCUT2D eigenvalue weighted by molar-refractivity contribution is 0.829. The first-order chi connectivity index (χ1) is 6.61. The van der Waals surface area contributed by atoms with Crippen LogP contribution in [0.25, 0.3) is 10.8 Å². The summed E-state index contributed by atoms with van der Waals surface area (Å²) in [6, 6.07) is 3.88. The van der Waals surface area contributed by atoms with Crippen molar-refractivity contribution in [1.82, 2.24) is 9.55 Å². The molecule has 0 spiro atoms. The highest BCUT2D eigenvalue weighted by Gasteiger charge is 2.05. The first kappa shape index (κ1) is 8.94. The van der Waals surface area contributed by atoms with Gasteiger partial charge in [0.1, 0.15) is 0 Å². The first-order valence-electron chi connectivity index (χ1n) is 4.53. The van der Waals surface area contributed by atoms with Gasteiger partial charge in [-0.3, -0.25) is 9.78 Å². The van der Waals surface area contributed by atoms with E-state index in [1.807, 2.05) is 26.0 Å². The molecule has 0 amide bonds. The van der Waals surface area contributed by atoms with Gasteiger partial charge in [0, 0.05) is 18.9 Å². The van der Waals surface area contributed by atoms with Gasteiger partial charge in [0.15, 0.2) is 0 Å². The van der Waals surface area contributed by atoms with Gasteiger partial charge in [-0.05, 0) is 31.4 Å². The molecule has 0 N–H and O–H groups in total. The molecule has 0 radical (unpaired) electrons. The minimum Gasteiger partial charge on any atom is -0.315 e. The molecule has 2 heterocycles. The summed E-state index contributed by atoms with van der Waals surface area (Å²) in [5.74, 6) is 0. The van der Waals surface area contributed by atoms with Crippen LogP contribution in [0.3, 0.4) is 0 Å². The lowest BCUT2D eigenvalue weighted by atomic mass is 10.1. The van der Waals surface area contributed by atoms with E-state index in [1.54, 1.807) is 17.8 Å². The summed E-state index contributed by atoms with van der Waals surface area (Å²) in [6.07, 6.45) is 1.73. The molecule has 3 nitrogen and oxygen atoms in total. The fourth-order valence-electron chi connectivity index (χ4n) is 1.63. The van der Waals surface area contributed by atoms with Crippen molar-refractivity contribution in [2.24, 2.45) is 7.05 Å². The maximum atomic E-state index is 11.9. The minimum absolute atomic E-state index is 0.0330. The third-order valence-corrected chi connectivity index (χ3v) is 2.58. The van der Waals surface area contributed by atoms with E-state index < -0.39 is 0 Å². The molecule has 0 aliphatic rings. The van der Waals surface area contributed by atoms with Crippen LogP contribution in [-0.4, -0.2) is 9.55 Å². The highest BCUT2D eigenvalue weighted by Crippen LogP contribution is 2.12. The Labute approximate surface area is 82.0 Å². The first-order valence-corrected chi connectivity index (χ1v) is 4.53. The van der Waals surface area contributed by atoms with Gasteiger partial charge in [-0.15, -0.1) is 0 Å². The number of pyridine rings is 2. The number of fused-ring (bicyclic) bond motifs is 1. The van der Waals surface area contributed by atoms with Crippen molar-refractivity contribution in [2.45, 2.75) is 13.8 Å². The second-order valence-corrected chi connectivity index (χ2v) is 3.51. The van der Waals surface area contributed by atoms with E-state index in [1.165, 1.54) is 0 Å². The van der Waals surface area contributed by atoms with Crippen molar-refractivity contribution in [3.05, 3.63) is 40.1 Å². The topological polar surface area (TPSA) is 34.9 Å².